The highest BCUT2D eigenvalue weighted by Crippen LogP contribution is 2.37. The Bertz CT molecular complexity index is 580. The fraction of sp³-hybridized carbons (Fsp3) is 0.778. The van der Waals surface area contributed by atoms with Crippen LogP contribution >= 0.6 is 0 Å². The van der Waals surface area contributed by atoms with E-state index >= 15 is 0 Å². The van der Waals surface area contributed by atoms with E-state index in [0.717, 1.165) is 56.6 Å². The van der Waals surface area contributed by atoms with Crippen molar-refractivity contribution >= 4 is 11.6 Å². The number of hydrogen-bond acceptors (Lipinski definition) is 6. The average molecular weight is 332 g/mol. The van der Waals surface area contributed by atoms with Crippen LogP contribution in [-0.2, 0) is 4.74 Å². The molecule has 2 atom stereocenters. The van der Waals surface area contributed by atoms with E-state index in [4.69, 9.17) is 4.74 Å². The summed E-state index contributed by atoms with van der Waals surface area (Å²) in [7, 11) is 0. The van der Waals surface area contributed by atoms with Crippen molar-refractivity contribution in [3.8, 4) is 0 Å². The van der Waals surface area contributed by atoms with Crippen LogP contribution < -0.4 is 9.80 Å². The van der Waals surface area contributed by atoms with E-state index < -0.39 is 5.60 Å². The van der Waals surface area contributed by atoms with Crippen molar-refractivity contribution in [3.05, 3.63) is 12.4 Å². The topological polar surface area (TPSA) is 61.7 Å². The molecule has 1 saturated carbocycles. The highest BCUT2D eigenvalue weighted by atomic mass is 16.5. The molecule has 1 aromatic heterocycles. The Labute approximate surface area is 143 Å². The van der Waals surface area contributed by atoms with Gasteiger partial charge in [0.05, 0.1) is 17.8 Å². The van der Waals surface area contributed by atoms with Crippen LogP contribution in [-0.4, -0.2) is 59.1 Å². The molecule has 3 heterocycles. The van der Waals surface area contributed by atoms with Crippen LogP contribution in [0.25, 0.3) is 0 Å². The smallest absolute Gasteiger partial charge is 0.134 e. The van der Waals surface area contributed by atoms with E-state index in [1.54, 1.807) is 6.33 Å². The molecule has 0 amide bonds. The van der Waals surface area contributed by atoms with E-state index in [2.05, 4.69) is 32.8 Å². The third-order valence-corrected chi connectivity index (χ3v) is 5.56. The number of piperidine rings is 1. The molecule has 132 valence electrons. The van der Waals surface area contributed by atoms with Gasteiger partial charge in [-0.15, -0.1) is 0 Å². The van der Waals surface area contributed by atoms with Gasteiger partial charge in [-0.25, -0.2) is 9.97 Å². The van der Waals surface area contributed by atoms with Crippen LogP contribution in [0, 0.1) is 5.92 Å². The van der Waals surface area contributed by atoms with Crippen LogP contribution in [0.1, 0.15) is 39.5 Å². The molecule has 4 rings (SSSR count). The molecular weight excluding hydrogens is 304 g/mol. The van der Waals surface area contributed by atoms with Gasteiger partial charge >= 0.3 is 0 Å². The Hall–Kier alpha value is -1.40. The van der Waals surface area contributed by atoms with E-state index in [0.29, 0.717) is 6.10 Å². The third-order valence-electron chi connectivity index (χ3n) is 5.56. The van der Waals surface area contributed by atoms with Crippen molar-refractivity contribution in [2.45, 2.75) is 57.3 Å². The number of rotatable bonds is 3. The molecule has 2 aliphatic heterocycles. The molecule has 0 spiro atoms. The lowest BCUT2D eigenvalue weighted by Gasteiger charge is -2.39. The summed E-state index contributed by atoms with van der Waals surface area (Å²) < 4.78 is 6.11. The van der Waals surface area contributed by atoms with Gasteiger partial charge < -0.3 is 19.6 Å². The number of aromatic nitrogens is 2. The minimum atomic E-state index is -0.538. The Morgan fingerprint density at radius 2 is 1.79 bits per heavy atom. The van der Waals surface area contributed by atoms with Crippen molar-refractivity contribution in [2.24, 2.45) is 5.92 Å². The van der Waals surface area contributed by atoms with E-state index in [9.17, 15) is 5.11 Å². The maximum Gasteiger partial charge on any atom is 0.134 e. The van der Waals surface area contributed by atoms with Gasteiger partial charge in [-0.1, -0.05) is 0 Å². The summed E-state index contributed by atoms with van der Waals surface area (Å²) in [6, 6.07) is 2.10. The number of aliphatic hydroxyl groups is 1. The van der Waals surface area contributed by atoms with Crippen LogP contribution in [0.3, 0.4) is 0 Å². The highest BCUT2D eigenvalue weighted by Gasteiger charge is 2.37. The normalized spacial score (nSPS) is 30.5. The summed E-state index contributed by atoms with van der Waals surface area (Å²) in [6.07, 6.45) is 6.42. The SMILES string of the molecule is CC1CN(c2cc(N3CCC(C)(O)CC3)ncn2)CC(C2CC2)O1. The molecule has 0 bridgehead atoms. The van der Waals surface area contributed by atoms with Crippen LogP contribution in [0.5, 0.6) is 0 Å². The largest absolute Gasteiger partial charge is 0.390 e. The fourth-order valence-corrected chi connectivity index (χ4v) is 3.80. The zero-order valence-electron chi connectivity index (χ0n) is 14.7. The summed E-state index contributed by atoms with van der Waals surface area (Å²) in [5.74, 6) is 2.71. The van der Waals surface area contributed by atoms with Gasteiger partial charge in [0.1, 0.15) is 18.0 Å². The molecule has 6 heteroatoms. The lowest BCUT2D eigenvalue weighted by atomic mass is 9.94. The molecule has 1 N–H and O–H groups in total. The zero-order chi connectivity index (χ0) is 16.7. The molecule has 6 nitrogen and oxygen atoms in total. The van der Waals surface area contributed by atoms with Crippen LogP contribution in [0.15, 0.2) is 12.4 Å². The number of ether oxygens (including phenoxy) is 1. The summed E-state index contributed by atoms with van der Waals surface area (Å²) in [5, 5.41) is 10.1. The quantitative estimate of drug-likeness (QED) is 0.911. The molecule has 2 unspecified atom stereocenters. The number of morpholine rings is 1. The predicted octanol–water partition coefficient (Wildman–Crippen LogP) is 1.83. The standard InChI is InChI=1S/C18H28N4O2/c1-13-10-22(11-15(24-13)14-3-4-14)17-9-16(19-12-20-17)21-7-5-18(2,23)6-8-21/h9,12-15,23H,3-8,10-11H2,1-2H3. The van der Waals surface area contributed by atoms with E-state index in [-0.39, 0.29) is 6.10 Å². The van der Waals surface area contributed by atoms with Crippen LogP contribution in [0.2, 0.25) is 0 Å². The summed E-state index contributed by atoms with van der Waals surface area (Å²) in [6.45, 7) is 7.56. The third kappa shape index (κ3) is 3.49. The first-order valence-corrected chi connectivity index (χ1v) is 9.20. The first kappa shape index (κ1) is 16.1. The van der Waals surface area contributed by atoms with Gasteiger partial charge in [-0.3, -0.25) is 0 Å². The highest BCUT2D eigenvalue weighted by molar-refractivity contribution is 5.51. The maximum absolute atomic E-state index is 10.1. The predicted molar refractivity (Wildman–Crippen MR) is 93.4 cm³/mol. The first-order valence-electron chi connectivity index (χ1n) is 9.20. The van der Waals surface area contributed by atoms with Gasteiger partial charge in [0, 0.05) is 32.2 Å². The summed E-state index contributed by atoms with van der Waals surface area (Å²) in [4.78, 5) is 13.6. The number of hydrogen-bond donors (Lipinski definition) is 1. The van der Waals surface area contributed by atoms with E-state index in [1.807, 2.05) is 6.92 Å². The Morgan fingerprint density at radius 1 is 1.12 bits per heavy atom. The average Bonchev–Trinajstić information content (AvgIpc) is 3.39. The first-order chi connectivity index (χ1) is 11.5. The van der Waals surface area contributed by atoms with Crippen LogP contribution in [0.4, 0.5) is 11.6 Å². The lowest BCUT2D eigenvalue weighted by Crippen LogP contribution is -2.48. The molecule has 1 aliphatic carbocycles. The van der Waals surface area contributed by atoms with Gasteiger partial charge in [-0.2, -0.15) is 0 Å². The van der Waals surface area contributed by atoms with E-state index in [1.165, 1.54) is 12.8 Å². The Kier molecular flexibility index (Phi) is 4.12. The summed E-state index contributed by atoms with van der Waals surface area (Å²) >= 11 is 0. The lowest BCUT2D eigenvalue weighted by molar-refractivity contribution is -0.0273. The molecule has 3 aliphatic rings. The zero-order valence-corrected chi connectivity index (χ0v) is 14.7. The summed E-state index contributed by atoms with van der Waals surface area (Å²) in [5.41, 5.74) is -0.538. The number of nitrogens with zero attached hydrogens (tertiary/aromatic N) is 4. The second-order valence-electron chi connectivity index (χ2n) is 7.95. The monoisotopic (exact) mass is 332 g/mol. The molecule has 2 saturated heterocycles. The second-order valence-corrected chi connectivity index (χ2v) is 7.95. The minimum Gasteiger partial charge on any atom is -0.390 e. The molecule has 3 fully saturated rings. The molecule has 0 aromatic carbocycles. The molecule has 24 heavy (non-hydrogen) atoms. The van der Waals surface area contributed by atoms with Gasteiger partial charge in [0.2, 0.25) is 0 Å². The van der Waals surface area contributed by atoms with Crippen molar-refractivity contribution in [1.29, 1.82) is 0 Å². The molecule has 1 aromatic rings. The second kappa shape index (κ2) is 6.15. The minimum absolute atomic E-state index is 0.243. The Morgan fingerprint density at radius 3 is 2.46 bits per heavy atom. The van der Waals surface area contributed by atoms with Crippen molar-refractivity contribution in [1.82, 2.24) is 9.97 Å². The van der Waals surface area contributed by atoms with Crippen molar-refractivity contribution in [3.63, 3.8) is 0 Å². The van der Waals surface area contributed by atoms with Crippen molar-refractivity contribution in [2.75, 3.05) is 36.0 Å². The van der Waals surface area contributed by atoms with Crippen molar-refractivity contribution < 1.29 is 9.84 Å². The molecule has 0 radical (unpaired) electrons. The Balaban J connectivity index is 1.48. The molecular formula is C18H28N4O2. The number of anilines is 2. The fourth-order valence-electron chi connectivity index (χ4n) is 3.80. The maximum atomic E-state index is 10.1. The van der Waals surface area contributed by atoms with Gasteiger partial charge in [0.25, 0.3) is 0 Å². The van der Waals surface area contributed by atoms with Gasteiger partial charge in [0.15, 0.2) is 0 Å². The van der Waals surface area contributed by atoms with Gasteiger partial charge in [-0.05, 0) is 45.4 Å².